The molecule has 0 bridgehead atoms. The van der Waals surface area contributed by atoms with Gasteiger partial charge in [0.05, 0.1) is 12.7 Å². The van der Waals surface area contributed by atoms with E-state index in [0.29, 0.717) is 18.9 Å². The lowest BCUT2D eigenvalue weighted by atomic mass is 9.83. The van der Waals surface area contributed by atoms with Gasteiger partial charge in [-0.2, -0.15) is 0 Å². The Morgan fingerprint density at radius 2 is 2.27 bits per heavy atom. The number of methoxy groups -OCH3 is 1. The minimum absolute atomic E-state index is 0.134. The lowest BCUT2D eigenvalue weighted by Gasteiger charge is -2.28. The summed E-state index contributed by atoms with van der Waals surface area (Å²) in [6.07, 6.45) is 3.68. The molecule has 15 heavy (non-hydrogen) atoms. The summed E-state index contributed by atoms with van der Waals surface area (Å²) in [5.74, 6) is 0.717. The largest absolute Gasteiger partial charge is 0.389 e. The fraction of sp³-hybridized carbons (Fsp3) is 0.909. The Hall–Kier alpha value is -0.610. The average molecular weight is 215 g/mol. The number of aliphatic hydroxyl groups excluding tert-OH is 1. The van der Waals surface area contributed by atoms with Crippen molar-refractivity contribution in [3.8, 4) is 0 Å². The van der Waals surface area contributed by atoms with Gasteiger partial charge in [0.1, 0.15) is 0 Å². The van der Waals surface area contributed by atoms with Gasteiger partial charge in [0.2, 0.25) is 5.91 Å². The molecule has 0 heterocycles. The summed E-state index contributed by atoms with van der Waals surface area (Å²) < 4.78 is 4.81. The molecule has 4 nitrogen and oxygen atoms in total. The summed E-state index contributed by atoms with van der Waals surface area (Å²) in [5, 5.41) is 9.45. The van der Waals surface area contributed by atoms with Gasteiger partial charge in [-0.3, -0.25) is 4.79 Å². The maximum absolute atomic E-state index is 11.7. The van der Waals surface area contributed by atoms with E-state index >= 15 is 0 Å². The first-order chi connectivity index (χ1) is 7.13. The van der Waals surface area contributed by atoms with E-state index in [0.717, 1.165) is 0 Å². The third-order valence-corrected chi connectivity index (χ3v) is 2.96. The van der Waals surface area contributed by atoms with E-state index in [1.165, 1.54) is 19.3 Å². The fourth-order valence-corrected chi connectivity index (χ4v) is 1.76. The number of ether oxygens (including phenoxy) is 1. The molecule has 1 amide bonds. The van der Waals surface area contributed by atoms with Gasteiger partial charge >= 0.3 is 0 Å². The Kier molecular flexibility index (Phi) is 5.05. The first-order valence-electron chi connectivity index (χ1n) is 5.54. The van der Waals surface area contributed by atoms with E-state index in [-0.39, 0.29) is 12.5 Å². The van der Waals surface area contributed by atoms with Crippen molar-refractivity contribution in [3.05, 3.63) is 0 Å². The van der Waals surface area contributed by atoms with Gasteiger partial charge < -0.3 is 14.7 Å². The standard InChI is InChI=1S/C11H21NO3/c1-12(7-10(13)8-15-2)11(14)6-9-4-3-5-9/h9-10,13H,3-8H2,1-2H3. The highest BCUT2D eigenvalue weighted by Crippen LogP contribution is 2.29. The van der Waals surface area contributed by atoms with Crippen molar-refractivity contribution < 1.29 is 14.6 Å². The maximum Gasteiger partial charge on any atom is 0.222 e. The summed E-state index contributed by atoms with van der Waals surface area (Å²) in [7, 11) is 3.28. The van der Waals surface area contributed by atoms with Crippen molar-refractivity contribution in [1.82, 2.24) is 4.90 Å². The predicted octanol–water partition coefficient (Wildman–Crippen LogP) is 0.642. The molecule has 1 atom stereocenters. The summed E-state index contributed by atoms with van der Waals surface area (Å²) in [6.45, 7) is 0.639. The molecule has 0 saturated heterocycles. The highest BCUT2D eigenvalue weighted by molar-refractivity contribution is 5.76. The van der Waals surface area contributed by atoms with Crippen molar-refractivity contribution >= 4 is 5.91 Å². The highest BCUT2D eigenvalue weighted by Gasteiger charge is 2.23. The monoisotopic (exact) mass is 215 g/mol. The molecule has 1 N–H and O–H groups in total. The molecule has 0 aromatic carbocycles. The lowest BCUT2D eigenvalue weighted by molar-refractivity contribution is -0.133. The van der Waals surface area contributed by atoms with E-state index < -0.39 is 6.10 Å². The Morgan fingerprint density at radius 1 is 1.60 bits per heavy atom. The fourth-order valence-electron chi connectivity index (χ4n) is 1.76. The third kappa shape index (κ3) is 4.18. The van der Waals surface area contributed by atoms with Crippen molar-refractivity contribution in [1.29, 1.82) is 0 Å². The first-order valence-corrected chi connectivity index (χ1v) is 5.54. The Bertz CT molecular complexity index is 204. The van der Waals surface area contributed by atoms with Gasteiger partial charge in [-0.05, 0) is 18.8 Å². The Morgan fingerprint density at radius 3 is 2.73 bits per heavy atom. The zero-order valence-corrected chi connectivity index (χ0v) is 9.61. The van der Waals surface area contributed by atoms with Crippen LogP contribution in [0.3, 0.4) is 0 Å². The first kappa shape index (κ1) is 12.5. The highest BCUT2D eigenvalue weighted by atomic mass is 16.5. The molecule has 88 valence electrons. The predicted molar refractivity (Wildman–Crippen MR) is 57.5 cm³/mol. The van der Waals surface area contributed by atoms with Crippen molar-refractivity contribution in [2.24, 2.45) is 5.92 Å². The number of nitrogens with zero attached hydrogens (tertiary/aromatic N) is 1. The average Bonchev–Trinajstić information content (AvgIpc) is 2.11. The van der Waals surface area contributed by atoms with Gasteiger partial charge in [0, 0.05) is 27.1 Å². The van der Waals surface area contributed by atoms with E-state index in [9.17, 15) is 9.90 Å². The summed E-state index contributed by atoms with van der Waals surface area (Å²) in [6, 6.07) is 0. The van der Waals surface area contributed by atoms with Crippen LogP contribution in [-0.2, 0) is 9.53 Å². The van der Waals surface area contributed by atoms with Crippen molar-refractivity contribution in [2.45, 2.75) is 31.8 Å². The van der Waals surface area contributed by atoms with Crippen molar-refractivity contribution in [3.63, 3.8) is 0 Å². The molecule has 0 aromatic heterocycles. The van der Waals surface area contributed by atoms with Gasteiger partial charge in [0.25, 0.3) is 0 Å². The maximum atomic E-state index is 11.7. The zero-order chi connectivity index (χ0) is 11.3. The van der Waals surface area contributed by atoms with Gasteiger partial charge in [0.15, 0.2) is 0 Å². The second kappa shape index (κ2) is 6.08. The molecule has 1 rings (SSSR count). The molecule has 1 fully saturated rings. The van der Waals surface area contributed by atoms with Crippen LogP contribution < -0.4 is 0 Å². The molecule has 1 saturated carbocycles. The number of amides is 1. The van der Waals surface area contributed by atoms with Crippen LogP contribution >= 0.6 is 0 Å². The second-order valence-electron chi connectivity index (χ2n) is 4.38. The Labute approximate surface area is 91.2 Å². The van der Waals surface area contributed by atoms with Gasteiger partial charge in [-0.15, -0.1) is 0 Å². The van der Waals surface area contributed by atoms with E-state index in [2.05, 4.69) is 0 Å². The number of hydrogen-bond acceptors (Lipinski definition) is 3. The normalized spacial score (nSPS) is 18.3. The number of rotatable bonds is 6. The van der Waals surface area contributed by atoms with E-state index in [4.69, 9.17) is 4.74 Å². The van der Waals surface area contributed by atoms with Crippen LogP contribution in [0.5, 0.6) is 0 Å². The smallest absolute Gasteiger partial charge is 0.222 e. The van der Waals surface area contributed by atoms with E-state index in [1.54, 1.807) is 19.1 Å². The molecule has 1 aliphatic carbocycles. The molecular weight excluding hydrogens is 194 g/mol. The minimum Gasteiger partial charge on any atom is -0.389 e. The van der Waals surface area contributed by atoms with Crippen LogP contribution in [0.25, 0.3) is 0 Å². The molecule has 1 aliphatic rings. The summed E-state index contributed by atoms with van der Waals surface area (Å²) in [4.78, 5) is 13.3. The second-order valence-corrected chi connectivity index (χ2v) is 4.38. The van der Waals surface area contributed by atoms with E-state index in [1.807, 2.05) is 0 Å². The number of aliphatic hydroxyl groups is 1. The van der Waals surface area contributed by atoms with Gasteiger partial charge in [-0.1, -0.05) is 6.42 Å². The molecule has 0 aromatic rings. The number of likely N-dealkylation sites (N-methyl/N-ethyl adjacent to an activating group) is 1. The third-order valence-electron chi connectivity index (χ3n) is 2.96. The molecule has 0 aliphatic heterocycles. The molecule has 0 radical (unpaired) electrons. The number of carbonyl (C=O) groups excluding carboxylic acids is 1. The number of hydrogen-bond donors (Lipinski definition) is 1. The lowest BCUT2D eigenvalue weighted by Crippen LogP contribution is -2.37. The molecule has 1 unspecified atom stereocenters. The minimum atomic E-state index is -0.578. The SMILES string of the molecule is COCC(O)CN(C)C(=O)CC1CCC1. The molecule has 4 heteroatoms. The summed E-state index contributed by atoms with van der Waals surface area (Å²) >= 11 is 0. The zero-order valence-electron chi connectivity index (χ0n) is 9.61. The van der Waals surface area contributed by atoms with Crippen LogP contribution in [-0.4, -0.2) is 49.3 Å². The molecule has 0 spiro atoms. The van der Waals surface area contributed by atoms with Crippen LogP contribution in [0.2, 0.25) is 0 Å². The quantitative estimate of drug-likeness (QED) is 0.707. The Balaban J connectivity index is 2.19. The van der Waals surface area contributed by atoms with Crippen LogP contribution in [0.1, 0.15) is 25.7 Å². The van der Waals surface area contributed by atoms with Gasteiger partial charge in [-0.25, -0.2) is 0 Å². The van der Waals surface area contributed by atoms with Crippen LogP contribution in [0.4, 0.5) is 0 Å². The number of carbonyl (C=O) groups is 1. The van der Waals surface area contributed by atoms with Crippen LogP contribution in [0, 0.1) is 5.92 Å². The topological polar surface area (TPSA) is 49.8 Å². The summed E-state index contributed by atoms with van der Waals surface area (Å²) in [5.41, 5.74) is 0. The van der Waals surface area contributed by atoms with Crippen LogP contribution in [0.15, 0.2) is 0 Å². The van der Waals surface area contributed by atoms with Crippen molar-refractivity contribution in [2.75, 3.05) is 27.3 Å². The molecular formula is C11H21NO3.